The fourth-order valence-corrected chi connectivity index (χ4v) is 6.87. The Morgan fingerprint density at radius 3 is 2.32 bits per heavy atom. The zero-order valence-corrected chi connectivity index (χ0v) is 20.8. The number of Topliss-reactive ketones (excluding diaryl/α,β-unsaturated/α-hetero) is 4. The average Bonchev–Trinajstić information content (AvgIpc) is 2.79. The molecule has 0 radical (unpaired) electrons. The van der Waals surface area contributed by atoms with Gasteiger partial charge in [0.15, 0.2) is 34.7 Å². The number of primary amides is 1. The molecule has 0 aromatic heterocycles. The second kappa shape index (κ2) is 8.41. The summed E-state index contributed by atoms with van der Waals surface area (Å²) in [5.41, 5.74) is 4.22. The first-order valence-electron chi connectivity index (χ1n) is 12.4. The van der Waals surface area contributed by atoms with E-state index >= 15 is 0 Å². The quantitative estimate of drug-likeness (QED) is 0.407. The number of aliphatic hydroxyl groups excluding tert-OH is 1. The Bertz CT molecular complexity index is 1290. The van der Waals surface area contributed by atoms with Gasteiger partial charge in [0.1, 0.15) is 5.75 Å². The number of nitrogens with two attached hydrogens (primary N) is 1. The van der Waals surface area contributed by atoms with E-state index in [1.54, 1.807) is 25.1 Å². The van der Waals surface area contributed by atoms with Gasteiger partial charge in [0.25, 0.3) is 0 Å². The van der Waals surface area contributed by atoms with Crippen LogP contribution in [0.25, 0.3) is 6.08 Å². The van der Waals surface area contributed by atoms with E-state index in [-0.39, 0.29) is 11.3 Å². The summed E-state index contributed by atoms with van der Waals surface area (Å²) in [6.45, 7) is 1.69. The predicted molar refractivity (Wildman–Crippen MR) is 129 cm³/mol. The first kappa shape index (κ1) is 25.4. The minimum Gasteiger partial charge on any atom is -0.507 e. The zero-order chi connectivity index (χ0) is 27.1. The van der Waals surface area contributed by atoms with E-state index in [4.69, 9.17) is 5.73 Å². The number of hydrogen-bond donors (Lipinski definition) is 4. The summed E-state index contributed by atoms with van der Waals surface area (Å²) in [5, 5.41) is 34.3. The van der Waals surface area contributed by atoms with E-state index in [1.165, 1.54) is 19.0 Å². The van der Waals surface area contributed by atoms with Crippen molar-refractivity contribution in [3.63, 3.8) is 0 Å². The molecule has 3 fully saturated rings. The number of ketones is 4. The monoisotopic (exact) mass is 510 g/mol. The number of rotatable bonds is 3. The standard InChI is InChI=1S/C27H30N2O8/c1-10-13-8-7-12(9-11-5-4-6-11)20(30)15(13)21(31)16-14(10)22(32)18-19(29(2)3)23(33)17(26(28)36)25(35)27(18,37)24(16)34/h7-10,14,16-19,22,30,32,37H,4-6H2,1-3H3,(H2,28,36)/t10-,14+,16?,17?,18+,19-,22-,27-/m0/s1. The molecule has 2 unspecified atom stereocenters. The summed E-state index contributed by atoms with van der Waals surface area (Å²) < 4.78 is 0. The Morgan fingerprint density at radius 1 is 1.14 bits per heavy atom. The Kier molecular flexibility index (Phi) is 5.78. The van der Waals surface area contributed by atoms with Crippen LogP contribution in [0.4, 0.5) is 0 Å². The highest BCUT2D eigenvalue weighted by Crippen LogP contribution is 2.54. The van der Waals surface area contributed by atoms with Crippen LogP contribution >= 0.6 is 0 Å². The maximum Gasteiger partial charge on any atom is 0.235 e. The number of phenolic OH excluding ortho intramolecular Hbond substituents is 1. The molecule has 5 rings (SSSR count). The number of hydrogen-bond acceptors (Lipinski definition) is 9. The van der Waals surface area contributed by atoms with Gasteiger partial charge in [-0.05, 0) is 44.8 Å². The summed E-state index contributed by atoms with van der Waals surface area (Å²) in [6, 6.07) is 1.99. The molecule has 10 nitrogen and oxygen atoms in total. The summed E-state index contributed by atoms with van der Waals surface area (Å²) in [5.74, 6) is -13.0. The maximum absolute atomic E-state index is 13.9. The summed E-state index contributed by atoms with van der Waals surface area (Å²) >= 11 is 0. The van der Waals surface area contributed by atoms with Crippen LogP contribution in [-0.4, -0.2) is 81.1 Å². The van der Waals surface area contributed by atoms with Crippen LogP contribution in [0.5, 0.6) is 5.75 Å². The number of allylic oxidation sites excluding steroid dienone is 1. The predicted octanol–water partition coefficient (Wildman–Crippen LogP) is -0.0339. The van der Waals surface area contributed by atoms with Crippen LogP contribution in [0.2, 0.25) is 0 Å². The number of amides is 1. The number of carbonyl (C=O) groups is 5. The first-order valence-corrected chi connectivity index (χ1v) is 12.4. The largest absolute Gasteiger partial charge is 0.507 e. The van der Waals surface area contributed by atoms with Gasteiger partial charge < -0.3 is 21.1 Å². The van der Waals surface area contributed by atoms with Crippen molar-refractivity contribution < 1.29 is 39.3 Å². The molecule has 5 N–H and O–H groups in total. The van der Waals surface area contributed by atoms with Crippen molar-refractivity contribution in [2.24, 2.45) is 29.4 Å². The zero-order valence-electron chi connectivity index (χ0n) is 20.8. The second-order valence-corrected chi connectivity index (χ2v) is 11.0. The average molecular weight is 511 g/mol. The number of carbonyl (C=O) groups excluding carboxylic acids is 5. The molecular formula is C27H30N2O8. The molecule has 10 heteroatoms. The van der Waals surface area contributed by atoms with E-state index in [2.05, 4.69) is 0 Å². The van der Waals surface area contributed by atoms with Crippen LogP contribution in [0.15, 0.2) is 17.7 Å². The van der Waals surface area contributed by atoms with E-state index in [0.717, 1.165) is 24.8 Å². The normalized spacial score (nSPS) is 37.0. The Hall–Kier alpha value is -3.21. The minimum absolute atomic E-state index is 0.0834. The number of likely N-dealkylation sites (N-methyl/N-ethyl adjacent to an activating group) is 1. The lowest BCUT2D eigenvalue weighted by Gasteiger charge is -2.56. The number of benzene rings is 1. The Balaban J connectivity index is 1.68. The smallest absolute Gasteiger partial charge is 0.235 e. The van der Waals surface area contributed by atoms with Crippen molar-refractivity contribution >= 4 is 35.1 Å². The third-order valence-electron chi connectivity index (χ3n) is 8.88. The molecule has 0 bridgehead atoms. The number of phenols is 1. The van der Waals surface area contributed by atoms with Gasteiger partial charge in [-0.25, -0.2) is 0 Å². The Labute approximate surface area is 213 Å². The highest BCUT2D eigenvalue weighted by molar-refractivity contribution is 6.32. The molecule has 0 heterocycles. The fraction of sp³-hybridized carbons (Fsp3) is 0.519. The van der Waals surface area contributed by atoms with E-state index in [9.17, 15) is 39.3 Å². The number of aliphatic hydroxyl groups is 2. The number of fused-ring (bicyclic) bond motifs is 3. The van der Waals surface area contributed by atoms with Crippen molar-refractivity contribution in [1.82, 2.24) is 4.90 Å². The van der Waals surface area contributed by atoms with Gasteiger partial charge in [0, 0.05) is 11.5 Å². The van der Waals surface area contributed by atoms with Gasteiger partial charge in [-0.3, -0.25) is 28.9 Å². The molecule has 4 aliphatic carbocycles. The third kappa shape index (κ3) is 3.25. The van der Waals surface area contributed by atoms with Crippen molar-refractivity contribution in [3.05, 3.63) is 34.4 Å². The van der Waals surface area contributed by atoms with Gasteiger partial charge in [-0.1, -0.05) is 30.7 Å². The maximum atomic E-state index is 13.9. The molecule has 37 heavy (non-hydrogen) atoms. The fourth-order valence-electron chi connectivity index (χ4n) is 6.87. The highest BCUT2D eigenvalue weighted by atomic mass is 16.3. The topological polar surface area (TPSA) is 175 Å². The van der Waals surface area contributed by atoms with Gasteiger partial charge in [-0.2, -0.15) is 0 Å². The van der Waals surface area contributed by atoms with Crippen LogP contribution in [0.1, 0.15) is 53.6 Å². The second-order valence-electron chi connectivity index (χ2n) is 11.0. The van der Waals surface area contributed by atoms with Crippen molar-refractivity contribution in [1.29, 1.82) is 0 Å². The first-order chi connectivity index (χ1) is 17.3. The highest BCUT2D eigenvalue weighted by Gasteiger charge is 2.72. The lowest BCUT2D eigenvalue weighted by atomic mass is 9.49. The molecule has 196 valence electrons. The molecule has 1 aromatic rings. The number of nitrogens with zero attached hydrogens (tertiary/aromatic N) is 1. The molecule has 0 spiro atoms. The van der Waals surface area contributed by atoms with E-state index in [1.807, 2.05) is 0 Å². The third-order valence-corrected chi connectivity index (χ3v) is 8.88. The molecule has 1 aromatic carbocycles. The van der Waals surface area contributed by atoms with Gasteiger partial charge in [0.2, 0.25) is 5.91 Å². The summed E-state index contributed by atoms with van der Waals surface area (Å²) in [7, 11) is 2.92. The van der Waals surface area contributed by atoms with Crippen LogP contribution in [0.3, 0.4) is 0 Å². The van der Waals surface area contributed by atoms with Crippen molar-refractivity contribution in [2.75, 3.05) is 14.1 Å². The lowest BCUT2D eigenvalue weighted by molar-refractivity contribution is -0.196. The molecule has 3 saturated carbocycles. The molecule has 0 saturated heterocycles. The van der Waals surface area contributed by atoms with E-state index in [0.29, 0.717) is 11.1 Å². The number of aromatic hydroxyl groups is 1. The van der Waals surface area contributed by atoms with Crippen LogP contribution in [0, 0.1) is 23.7 Å². The molecule has 0 aliphatic heterocycles. The molecule has 4 aliphatic rings. The SMILES string of the molecule is C[C@H]1c2ccc(C=C3CCC3)c(O)c2C(=O)C2C(=O)[C@]3(O)C(=O)C(C(N)=O)C(=O)[C@@H](N(C)C)[C@@H]3[C@@H](O)[C@@H]21. The Morgan fingerprint density at radius 2 is 1.78 bits per heavy atom. The minimum atomic E-state index is -2.99. The van der Waals surface area contributed by atoms with Gasteiger partial charge in [-0.15, -0.1) is 0 Å². The summed E-state index contributed by atoms with van der Waals surface area (Å²) in [4.78, 5) is 67.7. The van der Waals surface area contributed by atoms with Crippen molar-refractivity contribution in [3.8, 4) is 5.75 Å². The van der Waals surface area contributed by atoms with Gasteiger partial charge >= 0.3 is 0 Å². The van der Waals surface area contributed by atoms with Crippen LogP contribution < -0.4 is 5.73 Å². The van der Waals surface area contributed by atoms with Gasteiger partial charge in [0.05, 0.1) is 29.5 Å². The van der Waals surface area contributed by atoms with E-state index < -0.39 is 76.4 Å². The lowest BCUT2D eigenvalue weighted by Crippen LogP contribution is -2.77. The molecule has 8 atom stereocenters. The van der Waals surface area contributed by atoms with Crippen LogP contribution in [-0.2, 0) is 19.2 Å². The molecule has 1 amide bonds. The molecular weight excluding hydrogens is 480 g/mol. The van der Waals surface area contributed by atoms with Crippen molar-refractivity contribution in [2.45, 2.75) is 49.9 Å². The summed E-state index contributed by atoms with van der Waals surface area (Å²) in [6.07, 6.45) is 2.99.